The summed E-state index contributed by atoms with van der Waals surface area (Å²) in [6.07, 6.45) is 19.5. The van der Waals surface area contributed by atoms with Crippen LogP contribution in [-0.4, -0.2) is 4.57 Å². The van der Waals surface area contributed by atoms with Gasteiger partial charge in [0.25, 0.3) is 0 Å². The van der Waals surface area contributed by atoms with Crippen LogP contribution in [0.5, 0.6) is 0 Å². The van der Waals surface area contributed by atoms with Gasteiger partial charge in [-0.25, -0.2) is 0 Å². The summed E-state index contributed by atoms with van der Waals surface area (Å²) in [5.74, 6) is 0. The van der Waals surface area contributed by atoms with Crippen LogP contribution in [0.1, 0.15) is 116 Å². The van der Waals surface area contributed by atoms with Crippen LogP contribution in [0.3, 0.4) is 0 Å². The summed E-state index contributed by atoms with van der Waals surface area (Å²) < 4.78 is 2.68. The molecule has 0 bridgehead atoms. The Kier molecular flexibility index (Phi) is 10.1. The zero-order valence-electron chi connectivity index (χ0n) is 19.6. The van der Waals surface area contributed by atoms with Gasteiger partial charge in [0.05, 0.1) is 0 Å². The van der Waals surface area contributed by atoms with Gasteiger partial charge in [0.15, 0.2) is 0 Å². The van der Waals surface area contributed by atoms with Crippen LogP contribution < -0.4 is 0 Å². The fourth-order valence-electron chi connectivity index (χ4n) is 4.69. The Bertz CT molecular complexity index is 643. The average molecular weight is 384 g/mol. The molecule has 0 fully saturated rings. The van der Waals surface area contributed by atoms with Crippen LogP contribution in [0.15, 0.2) is 31.4 Å². The third kappa shape index (κ3) is 6.00. The quantitative estimate of drug-likeness (QED) is 0.223. The number of unbranched alkanes of at least 4 members (excludes halogenated alkanes) is 3. The predicted octanol–water partition coefficient (Wildman–Crippen LogP) is 8.89. The lowest BCUT2D eigenvalue weighted by Gasteiger charge is -2.39. The van der Waals surface area contributed by atoms with Crippen LogP contribution in [0.4, 0.5) is 0 Å². The van der Waals surface area contributed by atoms with Gasteiger partial charge in [-0.1, -0.05) is 105 Å². The van der Waals surface area contributed by atoms with Crippen LogP contribution in [0.2, 0.25) is 0 Å². The van der Waals surface area contributed by atoms with Gasteiger partial charge in [-0.15, -0.1) is 0 Å². The molecular weight excluding hydrogens is 338 g/mol. The number of nitrogens with zero attached hydrogens (tertiary/aromatic N) is 1. The molecule has 1 nitrogen and oxygen atoms in total. The van der Waals surface area contributed by atoms with E-state index in [1.165, 1.54) is 74.7 Å². The summed E-state index contributed by atoms with van der Waals surface area (Å²) >= 11 is 0. The second-order valence-corrected chi connectivity index (χ2v) is 9.20. The number of aromatic nitrogens is 1. The second kappa shape index (κ2) is 11.5. The minimum atomic E-state index is 0.130. The van der Waals surface area contributed by atoms with Crippen molar-refractivity contribution in [2.75, 3.05) is 0 Å². The fourth-order valence-corrected chi connectivity index (χ4v) is 4.69. The molecule has 1 aromatic rings. The van der Waals surface area contributed by atoms with Crippen LogP contribution in [0, 0.1) is 0 Å². The first-order valence-corrected chi connectivity index (χ1v) is 11.5. The summed E-state index contributed by atoms with van der Waals surface area (Å²) in [6.45, 7) is 22.2. The van der Waals surface area contributed by atoms with Crippen LogP contribution in [0.25, 0.3) is 12.2 Å². The Morgan fingerprint density at radius 2 is 1.57 bits per heavy atom. The van der Waals surface area contributed by atoms with E-state index in [0.29, 0.717) is 0 Å². The summed E-state index contributed by atoms with van der Waals surface area (Å²) in [7, 11) is 0. The Morgan fingerprint density at radius 1 is 0.893 bits per heavy atom. The average Bonchev–Trinajstić information content (AvgIpc) is 3.04. The molecule has 28 heavy (non-hydrogen) atoms. The van der Waals surface area contributed by atoms with Crippen molar-refractivity contribution in [3.63, 3.8) is 0 Å². The van der Waals surface area contributed by atoms with Crippen LogP contribution >= 0.6 is 0 Å². The molecule has 1 atom stereocenters. The fraction of sp³-hybridized carbons (Fsp3) is 0.630. The molecule has 0 spiro atoms. The molecule has 1 heteroatoms. The lowest BCUT2D eigenvalue weighted by Crippen LogP contribution is -2.36. The largest absolute Gasteiger partial charge is 0.338 e. The highest BCUT2D eigenvalue weighted by Gasteiger charge is 2.34. The lowest BCUT2D eigenvalue weighted by atomic mass is 9.82. The zero-order chi connectivity index (χ0) is 21.2. The maximum absolute atomic E-state index is 4.12. The molecule has 0 N–H and O–H groups in total. The zero-order valence-corrected chi connectivity index (χ0v) is 19.6. The maximum Gasteiger partial charge on any atom is 0.0487 e. The normalized spacial score (nSPS) is 14.4. The van der Waals surface area contributed by atoms with E-state index < -0.39 is 0 Å². The van der Waals surface area contributed by atoms with Gasteiger partial charge in [-0.05, 0) is 43.9 Å². The predicted molar refractivity (Wildman–Crippen MR) is 129 cm³/mol. The van der Waals surface area contributed by atoms with Gasteiger partial charge in [-0.3, -0.25) is 0 Å². The van der Waals surface area contributed by atoms with Gasteiger partial charge < -0.3 is 4.57 Å². The van der Waals surface area contributed by atoms with Crippen LogP contribution in [-0.2, 0) is 11.0 Å². The van der Waals surface area contributed by atoms with Crippen molar-refractivity contribution in [1.29, 1.82) is 0 Å². The van der Waals surface area contributed by atoms with Crippen molar-refractivity contribution in [1.82, 2.24) is 4.57 Å². The van der Waals surface area contributed by atoms with Crippen molar-refractivity contribution >= 4 is 12.2 Å². The van der Waals surface area contributed by atoms with E-state index in [2.05, 4.69) is 77.5 Å². The monoisotopic (exact) mass is 383 g/mol. The van der Waals surface area contributed by atoms with Gasteiger partial charge in [0.2, 0.25) is 0 Å². The highest BCUT2D eigenvalue weighted by atomic mass is 15.1. The molecule has 0 aliphatic heterocycles. The Morgan fingerprint density at radius 3 is 2.11 bits per heavy atom. The molecule has 0 radical (unpaired) electrons. The molecule has 0 aliphatic carbocycles. The van der Waals surface area contributed by atoms with Crippen molar-refractivity contribution in [3.05, 3.63) is 48.3 Å². The summed E-state index contributed by atoms with van der Waals surface area (Å²) in [6, 6.07) is 2.39. The van der Waals surface area contributed by atoms with E-state index in [0.717, 1.165) is 0 Å². The summed E-state index contributed by atoms with van der Waals surface area (Å²) in [5.41, 5.74) is 4.27. The molecule has 1 aromatic heterocycles. The molecule has 0 saturated carbocycles. The Labute approximate surface area is 175 Å². The molecule has 0 saturated heterocycles. The third-order valence-corrected chi connectivity index (χ3v) is 6.15. The molecular formula is C27H45N. The van der Waals surface area contributed by atoms with Crippen molar-refractivity contribution in [2.45, 2.75) is 110 Å². The maximum atomic E-state index is 4.12. The van der Waals surface area contributed by atoms with Gasteiger partial charge >= 0.3 is 0 Å². The van der Waals surface area contributed by atoms with Crippen molar-refractivity contribution < 1.29 is 0 Å². The van der Waals surface area contributed by atoms with E-state index in [1.54, 1.807) is 0 Å². The van der Waals surface area contributed by atoms with Gasteiger partial charge in [0, 0.05) is 22.3 Å². The number of hydrogen-bond acceptors (Lipinski definition) is 0. The topological polar surface area (TPSA) is 4.93 Å². The Balaban J connectivity index is 3.62. The molecule has 0 aliphatic rings. The lowest BCUT2D eigenvalue weighted by molar-refractivity contribution is 0.237. The number of rotatable bonds is 14. The highest BCUT2D eigenvalue weighted by Crippen LogP contribution is 2.41. The molecule has 158 valence electrons. The molecule has 0 amide bonds. The second-order valence-electron chi connectivity index (χ2n) is 9.20. The minimum absolute atomic E-state index is 0.130. The Hall–Kier alpha value is -1.50. The standard InChI is InChI=1S/C27H45N/c1-9-14-16-17-21-27(8,20-12-4)28-24(18-15-10-2)23(13-5)22-25(28)26(6,7)19-11-3/h10,13,15,18,22H,2,5,9,11-12,14,16-17,19-21H2,1,3-4,6-8H3/b18-15-. The first-order valence-electron chi connectivity index (χ1n) is 11.5. The van der Waals surface area contributed by atoms with Crippen molar-refractivity contribution in [2.24, 2.45) is 0 Å². The van der Waals surface area contributed by atoms with E-state index in [4.69, 9.17) is 0 Å². The molecule has 1 heterocycles. The molecule has 1 rings (SSSR count). The summed E-state index contributed by atoms with van der Waals surface area (Å²) in [4.78, 5) is 0. The first-order chi connectivity index (χ1) is 13.3. The van der Waals surface area contributed by atoms with Crippen molar-refractivity contribution in [3.8, 4) is 0 Å². The van der Waals surface area contributed by atoms with E-state index >= 15 is 0 Å². The van der Waals surface area contributed by atoms with Gasteiger partial charge in [-0.2, -0.15) is 0 Å². The van der Waals surface area contributed by atoms with E-state index in [1.807, 2.05) is 12.2 Å². The van der Waals surface area contributed by atoms with E-state index in [-0.39, 0.29) is 11.0 Å². The molecule has 1 unspecified atom stereocenters. The number of allylic oxidation sites excluding steroid dienone is 2. The number of hydrogen-bond donors (Lipinski definition) is 0. The smallest absolute Gasteiger partial charge is 0.0487 e. The SMILES string of the molecule is C=C/C=C\c1c(C=C)cc(C(C)(C)CCC)n1C(C)(CCC)CCCCCC. The molecule has 0 aromatic carbocycles. The third-order valence-electron chi connectivity index (χ3n) is 6.15. The highest BCUT2D eigenvalue weighted by molar-refractivity contribution is 5.65. The van der Waals surface area contributed by atoms with E-state index in [9.17, 15) is 0 Å². The first kappa shape index (κ1) is 24.5. The van der Waals surface area contributed by atoms with Gasteiger partial charge in [0.1, 0.15) is 0 Å². The summed E-state index contributed by atoms with van der Waals surface area (Å²) in [5, 5.41) is 0. The minimum Gasteiger partial charge on any atom is -0.338 e.